The molecule has 1 aromatic heterocycles. The number of hydrogen-bond donors (Lipinski definition) is 1. The van der Waals surface area contributed by atoms with Gasteiger partial charge in [0.05, 0.1) is 11.0 Å². The zero-order chi connectivity index (χ0) is 25.1. The zero-order valence-corrected chi connectivity index (χ0v) is 20.3. The second-order valence-electron chi connectivity index (χ2n) is 9.10. The molecule has 0 spiro atoms. The number of carbonyl (C=O) groups is 2. The first kappa shape index (κ1) is 23.6. The van der Waals surface area contributed by atoms with Gasteiger partial charge in [-0.25, -0.2) is 9.78 Å². The minimum absolute atomic E-state index is 0.184. The maximum atomic E-state index is 12.5. The lowest BCUT2D eigenvalue weighted by molar-refractivity contribution is -0.119. The topological polar surface area (TPSA) is 84.7 Å². The molecule has 2 heterocycles. The number of fused-ring (bicyclic) bond motifs is 1. The molecule has 0 saturated carbocycles. The van der Waals surface area contributed by atoms with Crippen LogP contribution in [0, 0.1) is 0 Å². The maximum absolute atomic E-state index is 12.5. The molecule has 3 aromatic carbocycles. The van der Waals surface area contributed by atoms with Crippen LogP contribution in [0.4, 0.5) is 10.5 Å². The first-order chi connectivity index (χ1) is 17.5. The molecular formula is C29H29N3O4. The Kier molecular flexibility index (Phi) is 6.71. The molecule has 0 atom stereocenters. The normalized spacial score (nSPS) is 13.8. The molecule has 4 aromatic rings. The molecule has 5 rings (SSSR count). The maximum Gasteiger partial charge on any atom is 0.511 e. The molecule has 0 bridgehead atoms. The molecule has 0 radical (unpaired) electrons. The summed E-state index contributed by atoms with van der Waals surface area (Å²) in [4.78, 5) is 30.4. The van der Waals surface area contributed by atoms with Gasteiger partial charge in [0, 0.05) is 37.2 Å². The highest BCUT2D eigenvalue weighted by Gasteiger charge is 2.21. The van der Waals surface area contributed by atoms with Crippen LogP contribution in [0.1, 0.15) is 44.0 Å². The molecule has 1 aliphatic rings. The van der Waals surface area contributed by atoms with Crippen LogP contribution in [0.3, 0.4) is 0 Å². The van der Waals surface area contributed by atoms with E-state index in [1.807, 2.05) is 53.4 Å². The van der Waals surface area contributed by atoms with Crippen LogP contribution in [0.25, 0.3) is 22.2 Å². The Morgan fingerprint density at radius 3 is 2.61 bits per heavy atom. The Labute approximate surface area is 210 Å². The number of carbonyl (C=O) groups excluding carboxylic acids is 1. The number of imidazole rings is 1. The van der Waals surface area contributed by atoms with Crippen LogP contribution in [-0.4, -0.2) is 33.3 Å². The Morgan fingerprint density at radius 1 is 1.06 bits per heavy atom. The van der Waals surface area contributed by atoms with Gasteiger partial charge < -0.3 is 19.3 Å². The fourth-order valence-electron chi connectivity index (χ4n) is 4.86. The van der Waals surface area contributed by atoms with Crippen molar-refractivity contribution < 1.29 is 19.4 Å². The van der Waals surface area contributed by atoms with Crippen LogP contribution < -0.4 is 9.64 Å². The fraction of sp³-hybridized carbons (Fsp3) is 0.276. The number of aryl methyl sites for hydroxylation is 1. The lowest BCUT2D eigenvalue weighted by atomic mass is 10.0. The summed E-state index contributed by atoms with van der Waals surface area (Å²) in [7, 11) is 0. The first-order valence-corrected chi connectivity index (χ1v) is 12.4. The summed E-state index contributed by atoms with van der Waals surface area (Å²) in [5, 5.41) is 9.05. The SMILES string of the molecule is CCCc1nc2ccc(N3CCCCC3=O)cc2n1Cc1ccc(-c2ccccc2OC(=O)O)cc1. The van der Waals surface area contributed by atoms with Crippen molar-refractivity contribution in [2.45, 2.75) is 45.6 Å². The summed E-state index contributed by atoms with van der Waals surface area (Å²) in [5.41, 5.74) is 5.60. The predicted molar refractivity (Wildman–Crippen MR) is 140 cm³/mol. The van der Waals surface area contributed by atoms with Crippen LogP contribution >= 0.6 is 0 Å². The van der Waals surface area contributed by atoms with Gasteiger partial charge in [-0.05, 0) is 54.7 Å². The molecule has 0 aliphatic carbocycles. The second kappa shape index (κ2) is 10.2. The molecule has 1 aliphatic heterocycles. The molecule has 7 heteroatoms. The first-order valence-electron chi connectivity index (χ1n) is 12.4. The monoisotopic (exact) mass is 483 g/mol. The van der Waals surface area contributed by atoms with Crippen molar-refractivity contribution in [1.82, 2.24) is 9.55 Å². The number of para-hydroxylation sites is 1. The summed E-state index contributed by atoms with van der Waals surface area (Å²) in [6.07, 6.45) is 3.10. The molecule has 36 heavy (non-hydrogen) atoms. The third kappa shape index (κ3) is 4.82. The number of rotatable bonds is 7. The molecule has 1 fully saturated rings. The van der Waals surface area contributed by atoms with E-state index in [0.717, 1.165) is 71.5 Å². The highest BCUT2D eigenvalue weighted by Crippen LogP contribution is 2.31. The summed E-state index contributed by atoms with van der Waals surface area (Å²) in [5.74, 6) is 1.52. The minimum atomic E-state index is -1.33. The molecule has 7 nitrogen and oxygen atoms in total. The average Bonchev–Trinajstić information content (AvgIpc) is 3.21. The van der Waals surface area contributed by atoms with Gasteiger partial charge in [-0.15, -0.1) is 0 Å². The standard InChI is InChI=1S/C29H29N3O4/c1-2-7-27-30-24-16-15-22(31-17-6-5-10-28(31)33)18-25(24)32(27)19-20-11-13-21(14-12-20)23-8-3-4-9-26(23)36-29(34)35/h3-4,8-9,11-16,18H,2,5-7,10,17,19H2,1H3,(H,34,35). The van der Waals surface area contributed by atoms with Crippen molar-refractivity contribution in [3.63, 3.8) is 0 Å². The number of piperidine rings is 1. The highest BCUT2D eigenvalue weighted by molar-refractivity contribution is 5.96. The Bertz CT molecular complexity index is 1410. The van der Waals surface area contributed by atoms with Gasteiger partial charge >= 0.3 is 6.16 Å². The van der Waals surface area contributed by atoms with Gasteiger partial charge in [-0.1, -0.05) is 49.4 Å². The van der Waals surface area contributed by atoms with Gasteiger partial charge in [0.1, 0.15) is 11.6 Å². The number of aromatic nitrogens is 2. The van der Waals surface area contributed by atoms with Crippen molar-refractivity contribution in [1.29, 1.82) is 0 Å². The smallest absolute Gasteiger partial charge is 0.449 e. The van der Waals surface area contributed by atoms with E-state index in [0.29, 0.717) is 18.7 Å². The van der Waals surface area contributed by atoms with Crippen LogP contribution in [0.5, 0.6) is 5.75 Å². The van der Waals surface area contributed by atoms with Gasteiger partial charge in [-0.2, -0.15) is 0 Å². The summed E-state index contributed by atoms with van der Waals surface area (Å²) in [6, 6.07) is 21.3. The number of anilines is 1. The van der Waals surface area contributed by atoms with E-state index >= 15 is 0 Å². The van der Waals surface area contributed by atoms with E-state index in [9.17, 15) is 9.59 Å². The minimum Gasteiger partial charge on any atom is -0.449 e. The van der Waals surface area contributed by atoms with E-state index in [1.165, 1.54) is 0 Å². The number of benzene rings is 3. The number of hydrogen-bond acceptors (Lipinski definition) is 4. The number of amides is 1. The van der Waals surface area contributed by atoms with Crippen LogP contribution in [0.15, 0.2) is 66.7 Å². The quantitative estimate of drug-likeness (QED) is 0.247. The summed E-state index contributed by atoms with van der Waals surface area (Å²) in [6.45, 7) is 3.55. The molecule has 184 valence electrons. The summed E-state index contributed by atoms with van der Waals surface area (Å²) >= 11 is 0. The molecule has 1 amide bonds. The van der Waals surface area contributed by atoms with Crippen molar-refractivity contribution in [2.24, 2.45) is 0 Å². The molecule has 1 N–H and O–H groups in total. The summed E-state index contributed by atoms with van der Waals surface area (Å²) < 4.78 is 7.19. The molecule has 1 saturated heterocycles. The third-order valence-corrected chi connectivity index (χ3v) is 6.61. The molecular weight excluding hydrogens is 454 g/mol. The van der Waals surface area contributed by atoms with Crippen molar-refractivity contribution in [3.8, 4) is 16.9 Å². The second-order valence-corrected chi connectivity index (χ2v) is 9.10. The van der Waals surface area contributed by atoms with Gasteiger partial charge in [0.2, 0.25) is 5.91 Å². The third-order valence-electron chi connectivity index (χ3n) is 6.61. The fourth-order valence-corrected chi connectivity index (χ4v) is 4.86. The largest absolute Gasteiger partial charge is 0.511 e. The Hall–Kier alpha value is -4.13. The van der Waals surface area contributed by atoms with Crippen LogP contribution in [-0.2, 0) is 17.8 Å². The zero-order valence-electron chi connectivity index (χ0n) is 20.3. The Morgan fingerprint density at radius 2 is 1.86 bits per heavy atom. The van der Waals surface area contributed by atoms with Gasteiger partial charge in [0.25, 0.3) is 0 Å². The predicted octanol–water partition coefficient (Wildman–Crippen LogP) is 6.28. The van der Waals surface area contributed by atoms with Crippen molar-refractivity contribution >= 4 is 28.8 Å². The lowest BCUT2D eigenvalue weighted by Gasteiger charge is -2.26. The van der Waals surface area contributed by atoms with E-state index in [1.54, 1.807) is 12.1 Å². The highest BCUT2D eigenvalue weighted by atomic mass is 16.7. The van der Waals surface area contributed by atoms with Gasteiger partial charge in [-0.3, -0.25) is 4.79 Å². The average molecular weight is 484 g/mol. The van der Waals surface area contributed by atoms with E-state index in [2.05, 4.69) is 17.6 Å². The van der Waals surface area contributed by atoms with Crippen molar-refractivity contribution in [3.05, 3.63) is 78.1 Å². The number of ether oxygens (including phenoxy) is 1. The number of carboxylic acid groups (broad SMARTS) is 1. The van der Waals surface area contributed by atoms with E-state index in [4.69, 9.17) is 14.8 Å². The van der Waals surface area contributed by atoms with Crippen molar-refractivity contribution in [2.75, 3.05) is 11.4 Å². The van der Waals surface area contributed by atoms with E-state index < -0.39 is 6.16 Å². The number of nitrogens with zero attached hydrogens (tertiary/aromatic N) is 3. The lowest BCUT2D eigenvalue weighted by Crippen LogP contribution is -2.35. The molecule has 0 unspecified atom stereocenters. The van der Waals surface area contributed by atoms with Crippen LogP contribution in [0.2, 0.25) is 0 Å². The van der Waals surface area contributed by atoms with E-state index in [-0.39, 0.29) is 5.91 Å². The Balaban J connectivity index is 1.47. The van der Waals surface area contributed by atoms with Gasteiger partial charge in [0.15, 0.2) is 0 Å².